The predicted octanol–water partition coefficient (Wildman–Crippen LogP) is -7.78. The SMILES string of the molecule is O=[PH]=O.[Na+].[O-][Si]([O-])([O-])[O-].[Zr+3]. The summed E-state index contributed by atoms with van der Waals surface area (Å²) in [5.74, 6) is 0. The number of hydrogen-bond donors (Lipinski definition) is 0. The fourth-order valence-corrected chi connectivity index (χ4v) is 0. The van der Waals surface area contributed by atoms with Crippen LogP contribution in [-0.2, 0) is 35.3 Å². The van der Waals surface area contributed by atoms with Gasteiger partial charge in [-0.25, -0.2) is 9.13 Å². The van der Waals surface area contributed by atoms with Crippen molar-refractivity contribution in [2.75, 3.05) is 0 Å². The number of hydrogen-bond acceptors (Lipinski definition) is 6. The van der Waals surface area contributed by atoms with Crippen LogP contribution in [0.1, 0.15) is 0 Å². The summed E-state index contributed by atoms with van der Waals surface area (Å²) in [5.41, 5.74) is 0. The van der Waals surface area contributed by atoms with Crippen LogP contribution in [0.25, 0.3) is 0 Å². The van der Waals surface area contributed by atoms with Crippen LogP contribution in [0.4, 0.5) is 0 Å². The molecule has 0 aromatic heterocycles. The van der Waals surface area contributed by atoms with E-state index in [1.54, 1.807) is 0 Å². The standard InChI is InChI=1S/Na.O4Si.HO2P.Zr/c;1-5(2,3)4;1-3-2;/h;;3H;/q+1;-4;;+3. The summed E-state index contributed by atoms with van der Waals surface area (Å²) in [6, 6.07) is 0. The van der Waals surface area contributed by atoms with Crippen molar-refractivity contribution in [2.24, 2.45) is 0 Å². The normalized spacial score (nSPS) is 7.20. The summed E-state index contributed by atoms with van der Waals surface area (Å²) in [4.78, 5) is 34.3. The van der Waals surface area contributed by atoms with Gasteiger partial charge in [0.15, 0.2) is 0 Å². The average Bonchev–Trinajstić information content (AvgIpc) is 1.27. The molecule has 0 aliphatic heterocycles. The van der Waals surface area contributed by atoms with Gasteiger partial charge >= 0.3 is 64.1 Å². The molecule has 10 heavy (non-hydrogen) atoms. The monoisotopic (exact) mass is 269 g/mol. The van der Waals surface area contributed by atoms with E-state index >= 15 is 0 Å². The molecule has 0 spiro atoms. The van der Waals surface area contributed by atoms with E-state index in [-0.39, 0.29) is 55.8 Å². The van der Waals surface area contributed by atoms with Crippen molar-refractivity contribution in [3.63, 3.8) is 0 Å². The summed E-state index contributed by atoms with van der Waals surface area (Å²) in [5, 5.41) is 0. The first-order chi connectivity index (χ1) is 3.41. The first-order valence-corrected chi connectivity index (χ1v) is 3.67. The molecule has 0 saturated heterocycles. The van der Waals surface area contributed by atoms with Crippen LogP contribution in [0.15, 0.2) is 0 Å². The van der Waals surface area contributed by atoms with Crippen LogP contribution < -0.4 is 48.7 Å². The van der Waals surface area contributed by atoms with Crippen molar-refractivity contribution >= 4 is 17.4 Å². The third-order valence-corrected chi connectivity index (χ3v) is 0. The molecular weight excluding hydrogens is 269 g/mol. The van der Waals surface area contributed by atoms with E-state index in [1.807, 2.05) is 0 Å². The zero-order valence-corrected chi connectivity index (χ0v) is 11.4. The third-order valence-electron chi connectivity index (χ3n) is 0. The van der Waals surface area contributed by atoms with Crippen molar-refractivity contribution < 1.29 is 84.1 Å². The molecule has 1 radical (unpaired) electrons. The molecule has 0 aliphatic carbocycles. The predicted molar refractivity (Wildman–Crippen MR) is 15.4 cm³/mol. The molecule has 0 N–H and O–H groups in total. The van der Waals surface area contributed by atoms with Gasteiger partial charge in [0, 0.05) is 0 Å². The largest absolute Gasteiger partial charge is 3.00 e. The molecular formula is HNaO6PSiZr. The molecule has 0 aliphatic rings. The molecule has 0 saturated carbocycles. The summed E-state index contributed by atoms with van der Waals surface area (Å²) in [6.45, 7) is 0. The Morgan fingerprint density at radius 2 is 1.00 bits per heavy atom. The van der Waals surface area contributed by atoms with Crippen LogP contribution in [0.3, 0.4) is 0 Å². The van der Waals surface area contributed by atoms with Crippen molar-refractivity contribution in [1.29, 1.82) is 0 Å². The van der Waals surface area contributed by atoms with E-state index in [1.165, 1.54) is 0 Å². The van der Waals surface area contributed by atoms with Crippen LogP contribution in [-0.4, -0.2) is 9.05 Å². The van der Waals surface area contributed by atoms with Crippen molar-refractivity contribution in [2.45, 2.75) is 0 Å². The number of rotatable bonds is 0. The Morgan fingerprint density at radius 1 is 1.00 bits per heavy atom. The quantitative estimate of drug-likeness (QED) is 0.318. The molecule has 0 fully saturated rings. The molecule has 51 valence electrons. The van der Waals surface area contributed by atoms with Gasteiger partial charge in [0.1, 0.15) is 0 Å². The van der Waals surface area contributed by atoms with Gasteiger partial charge in [-0.05, 0) is 0 Å². The molecule has 0 heterocycles. The maximum absolute atomic E-state index is 8.58. The minimum Gasteiger partial charge on any atom is -0.894 e. The Morgan fingerprint density at radius 3 is 1.00 bits per heavy atom. The minimum atomic E-state index is -5.61. The van der Waals surface area contributed by atoms with Gasteiger partial charge < -0.3 is 28.2 Å². The van der Waals surface area contributed by atoms with Crippen LogP contribution in [0.5, 0.6) is 0 Å². The van der Waals surface area contributed by atoms with Gasteiger partial charge in [-0.3, -0.25) is 0 Å². The van der Waals surface area contributed by atoms with Crippen molar-refractivity contribution in [1.82, 2.24) is 0 Å². The molecule has 0 bridgehead atoms. The van der Waals surface area contributed by atoms with E-state index in [0.29, 0.717) is 0 Å². The molecule has 0 amide bonds. The Hall–Kier alpha value is 1.84. The van der Waals surface area contributed by atoms with E-state index in [2.05, 4.69) is 0 Å². The zero-order valence-electron chi connectivity index (χ0n) is 4.95. The molecule has 0 aromatic rings. The van der Waals surface area contributed by atoms with Crippen molar-refractivity contribution in [3.05, 3.63) is 0 Å². The Labute approximate surface area is 100 Å². The van der Waals surface area contributed by atoms with Crippen LogP contribution in [0, 0.1) is 0 Å². The fourth-order valence-electron chi connectivity index (χ4n) is 0. The van der Waals surface area contributed by atoms with E-state index in [4.69, 9.17) is 28.3 Å². The second kappa shape index (κ2) is 13.4. The van der Waals surface area contributed by atoms with E-state index < -0.39 is 17.4 Å². The average molecular weight is 270 g/mol. The van der Waals surface area contributed by atoms with Gasteiger partial charge in [-0.1, -0.05) is 0 Å². The fraction of sp³-hybridized carbons (Fsp3) is 0. The summed E-state index contributed by atoms with van der Waals surface area (Å²) in [7, 11) is -7.03. The molecule has 6 nitrogen and oxygen atoms in total. The Kier molecular flexibility index (Phi) is 30.4. The second-order valence-electron chi connectivity index (χ2n) is 0.583. The minimum absolute atomic E-state index is 0. The summed E-state index contributed by atoms with van der Waals surface area (Å²) >= 11 is 0. The maximum atomic E-state index is 8.58. The van der Waals surface area contributed by atoms with Gasteiger partial charge in [-0.15, -0.1) is 0 Å². The van der Waals surface area contributed by atoms with Crippen molar-refractivity contribution in [3.8, 4) is 0 Å². The topological polar surface area (TPSA) is 126 Å². The molecule has 10 heteroatoms. The Balaban J connectivity index is -0.0000000326. The van der Waals surface area contributed by atoms with Gasteiger partial charge in [0.2, 0.25) is 0 Å². The smallest absolute Gasteiger partial charge is 0.894 e. The van der Waals surface area contributed by atoms with Crippen LogP contribution in [0.2, 0.25) is 0 Å². The molecule has 0 unspecified atom stereocenters. The van der Waals surface area contributed by atoms with Gasteiger partial charge in [0.25, 0.3) is 0 Å². The second-order valence-corrected chi connectivity index (χ2v) is 1.75. The summed E-state index contributed by atoms with van der Waals surface area (Å²) < 4.78 is 16.8. The van der Waals surface area contributed by atoms with E-state index in [9.17, 15) is 0 Å². The molecule has 0 rings (SSSR count). The Bertz CT molecular complexity index is 78.2. The zero-order chi connectivity index (χ0) is 7.21. The summed E-state index contributed by atoms with van der Waals surface area (Å²) in [6.07, 6.45) is 0. The van der Waals surface area contributed by atoms with Gasteiger partial charge in [0.05, 0.1) is 0 Å². The maximum Gasteiger partial charge on any atom is 3.00 e. The molecule has 0 atom stereocenters. The molecule has 0 aromatic carbocycles. The third kappa shape index (κ3) is 227. The van der Waals surface area contributed by atoms with E-state index in [0.717, 1.165) is 0 Å². The van der Waals surface area contributed by atoms with Crippen LogP contribution >= 0.6 is 8.34 Å². The first kappa shape index (κ1) is 22.6. The first-order valence-electron chi connectivity index (χ1n) is 1.22. The van der Waals surface area contributed by atoms with Gasteiger partial charge in [-0.2, -0.15) is 0 Å².